The maximum atomic E-state index is 11.5. The van der Waals surface area contributed by atoms with E-state index in [0.29, 0.717) is 0 Å². The van der Waals surface area contributed by atoms with Crippen LogP contribution in [-0.2, 0) is 0 Å². The number of carbonyl (C=O) groups excluding carboxylic acids is 1. The number of hydrogen-bond acceptors (Lipinski definition) is 2. The van der Waals surface area contributed by atoms with Gasteiger partial charge in [-0.05, 0) is 0 Å². The van der Waals surface area contributed by atoms with Crippen LogP contribution in [0.5, 0.6) is 5.75 Å². The van der Waals surface area contributed by atoms with Gasteiger partial charge in [-0.3, -0.25) is 0 Å². The maximum Gasteiger partial charge on any atom is 0.414 e. The molecule has 0 fully saturated rings. The van der Waals surface area contributed by atoms with E-state index >= 15 is 0 Å². The summed E-state index contributed by atoms with van der Waals surface area (Å²) in [6, 6.07) is 1.34. The van der Waals surface area contributed by atoms with Crippen LogP contribution in [0.2, 0.25) is 15.1 Å². The largest absolute Gasteiger partial charge is 0.414 e. The van der Waals surface area contributed by atoms with Gasteiger partial charge < -0.3 is 9.64 Å². The number of halogens is 5. The van der Waals surface area contributed by atoms with Crippen LogP contribution in [0.15, 0.2) is 6.07 Å². The number of alkyl halides is 2. The molecule has 8 heteroatoms. The lowest BCUT2D eigenvalue weighted by molar-refractivity contribution is 0.171. The molecule has 0 bridgehead atoms. The van der Waals surface area contributed by atoms with Gasteiger partial charge in [0.15, 0.2) is 0 Å². The van der Waals surface area contributed by atoms with Crippen molar-refractivity contribution in [2.24, 2.45) is 0 Å². The van der Waals surface area contributed by atoms with Gasteiger partial charge in [-0.25, -0.2) is 4.79 Å². The summed E-state index contributed by atoms with van der Waals surface area (Å²) in [5.41, 5.74) is 0.199. The van der Waals surface area contributed by atoms with Gasteiger partial charge in [-0.15, -0.1) is 0 Å². The Morgan fingerprint density at radius 3 is 2.22 bits per heavy atom. The van der Waals surface area contributed by atoms with E-state index in [9.17, 15) is 4.79 Å². The molecule has 0 radical (unpaired) electrons. The standard InChI is InChI=1S/C10H8Cl5NO2/c1-16(2)10(17)18-5-3-4(11)7(12)8(13)6(5)9(14)15/h3,9H,1-2H3. The summed E-state index contributed by atoms with van der Waals surface area (Å²) in [6.45, 7) is 0. The Labute approximate surface area is 129 Å². The minimum atomic E-state index is -1.00. The Balaban J connectivity index is 3.30. The Hall–Kier alpha value is -0.0600. The van der Waals surface area contributed by atoms with Crippen molar-refractivity contribution < 1.29 is 9.53 Å². The van der Waals surface area contributed by atoms with Crippen molar-refractivity contribution in [2.45, 2.75) is 4.84 Å². The van der Waals surface area contributed by atoms with E-state index in [4.69, 9.17) is 62.7 Å². The lowest BCUT2D eigenvalue weighted by Crippen LogP contribution is -2.25. The van der Waals surface area contributed by atoms with E-state index in [1.165, 1.54) is 25.1 Å². The second-order valence-electron chi connectivity index (χ2n) is 3.46. The highest BCUT2D eigenvalue weighted by Crippen LogP contribution is 2.45. The summed E-state index contributed by atoms with van der Waals surface area (Å²) in [5.74, 6) is 0.0723. The lowest BCUT2D eigenvalue weighted by atomic mass is 10.2. The molecule has 1 amide bonds. The summed E-state index contributed by atoms with van der Waals surface area (Å²) < 4.78 is 5.08. The summed E-state index contributed by atoms with van der Waals surface area (Å²) in [7, 11) is 3.06. The average Bonchev–Trinajstić information content (AvgIpc) is 2.25. The number of amides is 1. The molecular weight excluding hydrogens is 343 g/mol. The monoisotopic (exact) mass is 349 g/mol. The predicted octanol–water partition coefficient (Wildman–Crippen LogP) is 5.18. The zero-order valence-electron chi connectivity index (χ0n) is 9.31. The fourth-order valence-corrected chi connectivity index (χ4v) is 2.31. The molecule has 0 unspecified atom stereocenters. The summed E-state index contributed by atoms with van der Waals surface area (Å²) in [6.07, 6.45) is -0.611. The van der Waals surface area contributed by atoms with Gasteiger partial charge in [0.1, 0.15) is 10.6 Å². The van der Waals surface area contributed by atoms with E-state index in [1.54, 1.807) is 0 Å². The molecule has 18 heavy (non-hydrogen) atoms. The predicted molar refractivity (Wildman–Crippen MR) is 75.6 cm³/mol. The van der Waals surface area contributed by atoms with Crippen molar-refractivity contribution in [2.75, 3.05) is 14.1 Å². The average molecular weight is 351 g/mol. The van der Waals surface area contributed by atoms with Gasteiger partial charge in [-0.1, -0.05) is 58.0 Å². The zero-order valence-corrected chi connectivity index (χ0v) is 13.1. The SMILES string of the molecule is CN(C)C(=O)Oc1cc(Cl)c(Cl)c(Cl)c1C(Cl)Cl. The topological polar surface area (TPSA) is 29.5 Å². The Morgan fingerprint density at radius 1 is 1.22 bits per heavy atom. The first-order valence-corrected chi connectivity index (χ1v) is 6.61. The fourth-order valence-electron chi connectivity index (χ4n) is 1.06. The van der Waals surface area contributed by atoms with Crippen molar-refractivity contribution >= 4 is 64.1 Å². The Kier molecular flexibility index (Phi) is 5.68. The first kappa shape index (κ1) is 16.0. The van der Waals surface area contributed by atoms with Gasteiger partial charge in [0.05, 0.1) is 15.1 Å². The molecule has 0 atom stereocenters. The molecule has 1 aromatic rings. The number of carbonyl (C=O) groups is 1. The molecule has 0 N–H and O–H groups in total. The van der Waals surface area contributed by atoms with E-state index in [0.717, 1.165) is 0 Å². The smallest absolute Gasteiger partial charge is 0.410 e. The van der Waals surface area contributed by atoms with Crippen LogP contribution >= 0.6 is 58.0 Å². The fraction of sp³-hybridized carbons (Fsp3) is 0.300. The zero-order chi connectivity index (χ0) is 14.0. The van der Waals surface area contributed by atoms with Gasteiger partial charge in [0.25, 0.3) is 0 Å². The van der Waals surface area contributed by atoms with E-state index < -0.39 is 10.9 Å². The maximum absolute atomic E-state index is 11.5. The minimum Gasteiger partial charge on any atom is -0.410 e. The van der Waals surface area contributed by atoms with Crippen molar-refractivity contribution in [1.29, 1.82) is 0 Å². The van der Waals surface area contributed by atoms with E-state index in [-0.39, 0.29) is 26.4 Å². The summed E-state index contributed by atoms with van der Waals surface area (Å²) >= 11 is 29.2. The van der Waals surface area contributed by atoms with E-state index in [1.807, 2.05) is 0 Å². The molecule has 0 aliphatic heterocycles. The third-order valence-corrected chi connectivity index (χ3v) is 3.66. The third kappa shape index (κ3) is 3.49. The molecule has 0 spiro atoms. The molecule has 0 aromatic heterocycles. The molecule has 0 heterocycles. The molecule has 100 valence electrons. The van der Waals surface area contributed by atoms with Crippen LogP contribution in [0, 0.1) is 0 Å². The van der Waals surface area contributed by atoms with Crippen LogP contribution in [0.1, 0.15) is 10.4 Å². The third-order valence-electron chi connectivity index (χ3n) is 1.94. The highest BCUT2D eigenvalue weighted by Gasteiger charge is 2.23. The molecule has 3 nitrogen and oxygen atoms in total. The number of rotatable bonds is 2. The number of benzene rings is 1. The summed E-state index contributed by atoms with van der Waals surface area (Å²) in [5, 5.41) is 0.297. The van der Waals surface area contributed by atoms with E-state index in [2.05, 4.69) is 0 Å². The molecule has 0 aliphatic rings. The van der Waals surface area contributed by atoms with Crippen molar-refractivity contribution in [1.82, 2.24) is 4.90 Å². The van der Waals surface area contributed by atoms with Crippen LogP contribution in [0.25, 0.3) is 0 Å². The Bertz CT molecular complexity index is 476. The highest BCUT2D eigenvalue weighted by atomic mass is 35.5. The second kappa shape index (κ2) is 6.40. The van der Waals surface area contributed by atoms with Crippen molar-refractivity contribution in [3.8, 4) is 5.75 Å². The number of hydrogen-bond donors (Lipinski definition) is 0. The lowest BCUT2D eigenvalue weighted by Gasteiger charge is -2.16. The van der Waals surface area contributed by atoms with Crippen LogP contribution in [-0.4, -0.2) is 25.1 Å². The molecule has 1 rings (SSSR count). The van der Waals surface area contributed by atoms with Crippen molar-refractivity contribution in [3.05, 3.63) is 26.7 Å². The quantitative estimate of drug-likeness (QED) is 0.542. The molecule has 0 saturated heterocycles. The van der Waals surface area contributed by atoms with Crippen LogP contribution in [0.4, 0.5) is 4.79 Å². The van der Waals surface area contributed by atoms with Gasteiger partial charge >= 0.3 is 6.09 Å². The minimum absolute atomic E-state index is 0.0562. The molecule has 1 aromatic carbocycles. The molecule has 0 saturated carbocycles. The van der Waals surface area contributed by atoms with Crippen LogP contribution < -0.4 is 4.74 Å². The summed E-state index contributed by atoms with van der Waals surface area (Å²) in [4.78, 5) is 11.7. The van der Waals surface area contributed by atoms with Gasteiger partial charge in [0.2, 0.25) is 0 Å². The second-order valence-corrected chi connectivity index (χ2v) is 5.72. The Morgan fingerprint density at radius 2 is 1.78 bits per heavy atom. The first-order chi connectivity index (χ1) is 8.25. The molecule has 0 aliphatic carbocycles. The van der Waals surface area contributed by atoms with Crippen molar-refractivity contribution in [3.63, 3.8) is 0 Å². The van der Waals surface area contributed by atoms with Gasteiger partial charge in [0, 0.05) is 25.7 Å². The number of nitrogens with zero attached hydrogens (tertiary/aromatic N) is 1. The molecular formula is C10H8Cl5NO2. The highest BCUT2D eigenvalue weighted by molar-refractivity contribution is 6.50. The normalized spacial score (nSPS) is 10.7. The van der Waals surface area contributed by atoms with Gasteiger partial charge in [-0.2, -0.15) is 0 Å². The first-order valence-electron chi connectivity index (χ1n) is 4.60. The number of ether oxygens (including phenoxy) is 1. The van der Waals surface area contributed by atoms with Crippen LogP contribution in [0.3, 0.4) is 0 Å².